The van der Waals surface area contributed by atoms with E-state index in [-0.39, 0.29) is 28.6 Å². The van der Waals surface area contributed by atoms with Crippen LogP contribution in [0.1, 0.15) is 43.7 Å². The van der Waals surface area contributed by atoms with Crippen LogP contribution in [0.2, 0.25) is 0 Å². The molecule has 11 heteroatoms. The number of H-pyrrole nitrogens is 2. The minimum atomic E-state index is -0.446. The van der Waals surface area contributed by atoms with Crippen molar-refractivity contribution in [2.45, 2.75) is 32.2 Å². The summed E-state index contributed by atoms with van der Waals surface area (Å²) in [6.45, 7) is 3.48. The van der Waals surface area contributed by atoms with Gasteiger partial charge >= 0.3 is 0 Å². The van der Waals surface area contributed by atoms with E-state index in [0.717, 1.165) is 32.4 Å². The van der Waals surface area contributed by atoms with Crippen molar-refractivity contribution in [3.8, 4) is 11.4 Å². The van der Waals surface area contributed by atoms with Crippen molar-refractivity contribution in [2.75, 3.05) is 36.1 Å². The molecule has 0 radical (unpaired) electrons. The van der Waals surface area contributed by atoms with Crippen LogP contribution >= 0.6 is 0 Å². The number of benzene rings is 1. The summed E-state index contributed by atoms with van der Waals surface area (Å²) in [6, 6.07) is 4.90. The fourth-order valence-electron chi connectivity index (χ4n) is 4.59. The number of fused-ring (bicyclic) bond motifs is 1. The summed E-state index contributed by atoms with van der Waals surface area (Å²) in [6.07, 6.45) is 7.96. The lowest BCUT2D eigenvalue weighted by Crippen LogP contribution is -2.30. The summed E-state index contributed by atoms with van der Waals surface area (Å²) in [5.74, 6) is 0.323. The van der Waals surface area contributed by atoms with E-state index >= 15 is 4.39 Å². The molecule has 0 aliphatic carbocycles. The summed E-state index contributed by atoms with van der Waals surface area (Å²) in [5, 5.41) is 3.26. The molecule has 3 aromatic heterocycles. The summed E-state index contributed by atoms with van der Waals surface area (Å²) >= 11 is 0. The molecule has 1 saturated heterocycles. The van der Waals surface area contributed by atoms with Crippen molar-refractivity contribution in [1.29, 1.82) is 0 Å². The van der Waals surface area contributed by atoms with Crippen LogP contribution in [0.3, 0.4) is 0 Å². The summed E-state index contributed by atoms with van der Waals surface area (Å²) < 4.78 is 15.6. The second-order valence-corrected chi connectivity index (χ2v) is 8.82. The van der Waals surface area contributed by atoms with Crippen LogP contribution in [0.5, 0.6) is 0 Å². The van der Waals surface area contributed by atoms with Gasteiger partial charge in [0.1, 0.15) is 22.7 Å². The minimum Gasteiger partial charge on any atom is -0.395 e. The predicted molar refractivity (Wildman–Crippen MR) is 140 cm³/mol. The first-order valence-corrected chi connectivity index (χ1v) is 11.9. The van der Waals surface area contributed by atoms with Crippen molar-refractivity contribution < 1.29 is 4.39 Å². The van der Waals surface area contributed by atoms with Gasteiger partial charge in [0, 0.05) is 38.7 Å². The Kier molecular flexibility index (Phi) is 6.36. The van der Waals surface area contributed by atoms with Gasteiger partial charge in [0.2, 0.25) is 0 Å². The monoisotopic (exact) mass is 489 g/mol. The van der Waals surface area contributed by atoms with E-state index in [1.165, 1.54) is 6.21 Å². The molecule has 0 saturated carbocycles. The van der Waals surface area contributed by atoms with E-state index in [0.29, 0.717) is 28.4 Å². The van der Waals surface area contributed by atoms with Crippen molar-refractivity contribution in [1.82, 2.24) is 24.9 Å². The fraction of sp³-hybridized carbons (Fsp3) is 0.320. The average molecular weight is 490 g/mol. The maximum Gasteiger partial charge on any atom is 0.261 e. The Bertz CT molecular complexity index is 1470. The average Bonchev–Trinajstić information content (AvgIpc) is 3.33. The molecule has 4 aromatic rings. The Morgan fingerprint density at radius 1 is 1.19 bits per heavy atom. The van der Waals surface area contributed by atoms with Gasteiger partial charge in [-0.15, -0.1) is 0 Å². The number of halogens is 1. The molecular weight excluding hydrogens is 461 g/mol. The molecule has 36 heavy (non-hydrogen) atoms. The smallest absolute Gasteiger partial charge is 0.261 e. The molecule has 1 fully saturated rings. The number of nitrogen functional groups attached to an aromatic ring is 1. The second kappa shape index (κ2) is 9.76. The topological polar surface area (TPSA) is 141 Å². The number of piperidine rings is 1. The van der Waals surface area contributed by atoms with Gasteiger partial charge in [-0.05, 0) is 44.4 Å². The lowest BCUT2D eigenvalue weighted by atomic mass is 10.1. The highest BCUT2D eigenvalue weighted by Gasteiger charge is 2.24. The number of aromatic amines is 2. The molecular formula is C25H28FN9O. The Hall–Kier alpha value is -4.28. The van der Waals surface area contributed by atoms with Crippen molar-refractivity contribution in [2.24, 2.45) is 4.99 Å². The van der Waals surface area contributed by atoms with Gasteiger partial charge in [0.25, 0.3) is 5.56 Å². The van der Waals surface area contributed by atoms with Crippen LogP contribution in [0.25, 0.3) is 22.4 Å². The van der Waals surface area contributed by atoms with Gasteiger partial charge in [-0.3, -0.25) is 9.79 Å². The molecule has 1 aliphatic rings. The fourth-order valence-corrected chi connectivity index (χ4v) is 4.59. The number of hydrogen-bond acceptors (Lipinski definition) is 8. The first-order valence-electron chi connectivity index (χ1n) is 11.9. The lowest BCUT2D eigenvalue weighted by Gasteiger charge is -2.29. The SMILES string of the molecule is CN=Cc1[nH]c(=O)c(-c2nc3c(F)c(N4CCCCC4)ccc3[nH]2)c(NC(C)c2ncccn2)c1N. The summed E-state index contributed by atoms with van der Waals surface area (Å²) in [4.78, 5) is 38.3. The standard InChI is InChI=1S/C25H28FN9O/c1-14(23-29-9-6-10-30-23)31-22-18(25(36)33-16(13-28-2)20(22)27)24-32-15-7-8-17(19(26)21(15)34-24)35-11-4-3-5-12-35/h6-10,13-14H,3-5,11-12,27H2,1-2H3,(H,32,34)(H2,31,33,36). The van der Waals surface area contributed by atoms with Crippen molar-refractivity contribution in [3.63, 3.8) is 0 Å². The highest BCUT2D eigenvalue weighted by atomic mass is 19.1. The molecule has 0 bridgehead atoms. The molecule has 0 amide bonds. The third kappa shape index (κ3) is 4.28. The molecule has 1 atom stereocenters. The maximum atomic E-state index is 15.6. The largest absolute Gasteiger partial charge is 0.395 e. The number of anilines is 3. The second-order valence-electron chi connectivity index (χ2n) is 8.82. The first-order chi connectivity index (χ1) is 17.5. The molecule has 5 rings (SSSR count). The van der Waals surface area contributed by atoms with Crippen LogP contribution in [0.15, 0.2) is 40.4 Å². The van der Waals surface area contributed by atoms with Crippen LogP contribution in [0, 0.1) is 5.82 Å². The van der Waals surface area contributed by atoms with Gasteiger partial charge in [0.15, 0.2) is 5.82 Å². The van der Waals surface area contributed by atoms with E-state index in [9.17, 15) is 4.79 Å². The lowest BCUT2D eigenvalue weighted by molar-refractivity contribution is 0.559. The van der Waals surface area contributed by atoms with E-state index in [1.54, 1.807) is 37.6 Å². The Labute approximate surface area is 206 Å². The highest BCUT2D eigenvalue weighted by Crippen LogP contribution is 2.35. The van der Waals surface area contributed by atoms with E-state index in [1.807, 2.05) is 11.8 Å². The molecule has 1 aliphatic heterocycles. The number of pyridine rings is 1. The molecule has 4 heterocycles. The molecule has 1 aromatic carbocycles. The molecule has 5 N–H and O–H groups in total. The zero-order valence-corrected chi connectivity index (χ0v) is 20.2. The van der Waals surface area contributed by atoms with Crippen molar-refractivity contribution >= 4 is 34.3 Å². The van der Waals surface area contributed by atoms with Gasteiger partial charge in [0.05, 0.1) is 34.3 Å². The number of nitrogens with two attached hydrogens (primary N) is 1. The number of aromatic nitrogens is 5. The van der Waals surface area contributed by atoms with Crippen LogP contribution in [0.4, 0.5) is 21.5 Å². The number of imidazole rings is 1. The number of nitrogens with one attached hydrogen (secondary N) is 3. The van der Waals surface area contributed by atoms with E-state index in [2.05, 4.69) is 35.2 Å². The van der Waals surface area contributed by atoms with Gasteiger partial charge in [-0.2, -0.15) is 0 Å². The van der Waals surface area contributed by atoms with Crippen LogP contribution in [-0.4, -0.2) is 51.3 Å². The van der Waals surface area contributed by atoms with Crippen LogP contribution < -0.4 is 21.5 Å². The number of nitrogens with zero attached hydrogens (tertiary/aromatic N) is 5. The molecule has 10 nitrogen and oxygen atoms in total. The Morgan fingerprint density at radius 3 is 2.67 bits per heavy atom. The molecule has 186 valence electrons. The predicted octanol–water partition coefficient (Wildman–Crippen LogP) is 3.64. The van der Waals surface area contributed by atoms with E-state index in [4.69, 9.17) is 5.73 Å². The Morgan fingerprint density at radius 2 is 1.94 bits per heavy atom. The summed E-state index contributed by atoms with van der Waals surface area (Å²) in [7, 11) is 1.58. The molecule has 0 spiro atoms. The van der Waals surface area contributed by atoms with Gasteiger partial charge in [-0.1, -0.05) is 0 Å². The third-order valence-electron chi connectivity index (χ3n) is 6.38. The number of aliphatic imine (C=N–C) groups is 1. The summed E-state index contributed by atoms with van der Waals surface area (Å²) in [5.41, 5.74) is 8.33. The number of hydrogen-bond donors (Lipinski definition) is 4. The minimum absolute atomic E-state index is 0.165. The van der Waals surface area contributed by atoms with E-state index < -0.39 is 11.4 Å². The van der Waals surface area contributed by atoms with Crippen molar-refractivity contribution in [3.05, 3.63) is 58.3 Å². The number of rotatable bonds is 6. The van der Waals surface area contributed by atoms with Gasteiger partial charge in [-0.25, -0.2) is 19.3 Å². The zero-order chi connectivity index (χ0) is 25.2. The normalized spacial score (nSPS) is 15.0. The maximum absolute atomic E-state index is 15.6. The first kappa shape index (κ1) is 23.5. The third-order valence-corrected chi connectivity index (χ3v) is 6.38. The quantitative estimate of drug-likeness (QED) is 0.303. The molecule has 1 unspecified atom stereocenters. The highest BCUT2D eigenvalue weighted by molar-refractivity contribution is 5.95. The van der Waals surface area contributed by atoms with Gasteiger partial charge < -0.3 is 25.9 Å². The zero-order valence-electron chi connectivity index (χ0n) is 20.2. The van der Waals surface area contributed by atoms with Crippen LogP contribution in [-0.2, 0) is 0 Å². The Balaban J connectivity index is 1.63.